The van der Waals surface area contributed by atoms with Gasteiger partial charge in [-0.1, -0.05) is 30.3 Å². The summed E-state index contributed by atoms with van der Waals surface area (Å²) in [7, 11) is 0. The fraction of sp³-hybridized carbons (Fsp3) is 0.235. The molecule has 0 saturated heterocycles. The maximum absolute atomic E-state index is 11.9. The molecule has 3 atom stereocenters. The Bertz CT molecular complexity index is 673. The van der Waals surface area contributed by atoms with E-state index in [1.165, 1.54) is 0 Å². The van der Waals surface area contributed by atoms with Crippen LogP contribution in [-0.2, 0) is 9.59 Å². The van der Waals surface area contributed by atoms with E-state index in [0.29, 0.717) is 0 Å². The van der Waals surface area contributed by atoms with Gasteiger partial charge in [0, 0.05) is 24.1 Å². The van der Waals surface area contributed by atoms with Gasteiger partial charge in [0.1, 0.15) is 12.1 Å². The largest absolute Gasteiger partial charge is 0.373 e. The Balaban J connectivity index is 1.69. The van der Waals surface area contributed by atoms with Gasteiger partial charge < -0.3 is 5.32 Å². The maximum atomic E-state index is 11.9. The van der Waals surface area contributed by atoms with Crippen molar-refractivity contribution in [3.8, 4) is 0 Å². The lowest BCUT2D eigenvalue weighted by molar-refractivity contribution is -0.145. The molecular formula is C17H17N3O2. The second kappa shape index (κ2) is 6.07. The molecule has 2 unspecified atom stereocenters. The molecule has 112 valence electrons. The fourth-order valence-corrected chi connectivity index (χ4v) is 2.57. The van der Waals surface area contributed by atoms with Gasteiger partial charge in [0.2, 0.25) is 11.6 Å². The summed E-state index contributed by atoms with van der Waals surface area (Å²) in [4.78, 5) is 27.6. The number of hydrogen-bond donors (Lipinski definition) is 2. The highest BCUT2D eigenvalue weighted by Crippen LogP contribution is 2.21. The predicted molar refractivity (Wildman–Crippen MR) is 83.4 cm³/mol. The van der Waals surface area contributed by atoms with E-state index in [2.05, 4.69) is 15.6 Å². The Labute approximate surface area is 128 Å². The Morgan fingerprint density at radius 1 is 0.955 bits per heavy atom. The van der Waals surface area contributed by atoms with Gasteiger partial charge in [-0.2, -0.15) is 0 Å². The molecule has 1 fully saturated rings. The third kappa shape index (κ3) is 2.76. The lowest BCUT2D eigenvalue weighted by atomic mass is 9.82. The number of anilines is 1. The zero-order valence-corrected chi connectivity index (χ0v) is 12.2. The van der Waals surface area contributed by atoms with Crippen LogP contribution in [0.25, 0.3) is 0 Å². The smallest absolute Gasteiger partial charge is 0.224 e. The Morgan fingerprint density at radius 2 is 1.59 bits per heavy atom. The Hall–Kier alpha value is -2.53. The van der Waals surface area contributed by atoms with Crippen LogP contribution in [-0.4, -0.2) is 28.6 Å². The number of carbonyl (C=O) groups is 2. The minimum Gasteiger partial charge on any atom is -0.373 e. The number of benzene rings is 1. The number of carbonyl (C=O) groups excluding carboxylic acids is 2. The van der Waals surface area contributed by atoms with E-state index < -0.39 is 12.1 Å². The molecule has 1 aromatic heterocycles. The molecule has 2 N–H and O–H groups in total. The Kier molecular flexibility index (Phi) is 3.98. The molecule has 1 aliphatic carbocycles. The molecule has 22 heavy (non-hydrogen) atoms. The first kappa shape index (κ1) is 14.4. The zero-order chi connectivity index (χ0) is 15.5. The SMILES string of the molecule is C[C@@H](NC1C(=O)C(=O)C1Nc1ccncc1)c1ccccc1. The summed E-state index contributed by atoms with van der Waals surface area (Å²) in [5, 5.41) is 6.33. The standard InChI is InChI=1S/C17H17N3O2/c1-11(12-5-3-2-4-6-12)19-14-15(17(22)16(14)21)20-13-7-9-18-10-8-13/h2-11,14-15,19H,1H3,(H,18,20)/t11-,14?,15?/m1/s1. The lowest BCUT2D eigenvalue weighted by Crippen LogP contribution is -2.67. The second-order valence-corrected chi connectivity index (χ2v) is 5.36. The average molecular weight is 295 g/mol. The third-order valence-corrected chi connectivity index (χ3v) is 3.87. The highest BCUT2D eigenvalue weighted by Gasteiger charge is 2.49. The van der Waals surface area contributed by atoms with E-state index in [-0.39, 0.29) is 17.6 Å². The van der Waals surface area contributed by atoms with Gasteiger partial charge in [0.25, 0.3) is 0 Å². The monoisotopic (exact) mass is 295 g/mol. The van der Waals surface area contributed by atoms with Crippen LogP contribution in [0.1, 0.15) is 18.5 Å². The molecule has 0 aliphatic heterocycles. The van der Waals surface area contributed by atoms with Crippen molar-refractivity contribution in [1.82, 2.24) is 10.3 Å². The van der Waals surface area contributed by atoms with Gasteiger partial charge in [-0.25, -0.2) is 0 Å². The quantitative estimate of drug-likeness (QED) is 0.822. The highest BCUT2D eigenvalue weighted by atomic mass is 16.2. The number of aromatic nitrogens is 1. The molecular weight excluding hydrogens is 278 g/mol. The summed E-state index contributed by atoms with van der Waals surface area (Å²) in [6.07, 6.45) is 3.28. The van der Waals surface area contributed by atoms with E-state index in [1.807, 2.05) is 37.3 Å². The molecule has 0 radical (unpaired) electrons. The summed E-state index contributed by atoms with van der Waals surface area (Å²) in [6.45, 7) is 1.98. The van der Waals surface area contributed by atoms with Crippen LogP contribution in [0.4, 0.5) is 5.69 Å². The summed E-state index contributed by atoms with van der Waals surface area (Å²) >= 11 is 0. The normalized spacial score (nSPS) is 22.0. The van der Waals surface area contributed by atoms with Crippen molar-refractivity contribution in [2.75, 3.05) is 5.32 Å². The summed E-state index contributed by atoms with van der Waals surface area (Å²) in [5.74, 6) is -0.746. The van der Waals surface area contributed by atoms with Gasteiger partial charge in [-0.3, -0.25) is 19.9 Å². The van der Waals surface area contributed by atoms with Crippen LogP contribution in [0.3, 0.4) is 0 Å². The molecule has 5 heteroatoms. The molecule has 2 aromatic rings. The molecule has 1 aromatic carbocycles. The molecule has 0 bridgehead atoms. The van der Waals surface area contributed by atoms with Crippen LogP contribution in [0.5, 0.6) is 0 Å². The molecule has 1 aliphatic rings. The average Bonchev–Trinajstić information content (AvgIpc) is 2.59. The van der Waals surface area contributed by atoms with Crippen LogP contribution in [0.15, 0.2) is 54.9 Å². The van der Waals surface area contributed by atoms with Crippen molar-refractivity contribution in [3.63, 3.8) is 0 Å². The number of hydrogen-bond acceptors (Lipinski definition) is 5. The second-order valence-electron chi connectivity index (χ2n) is 5.36. The van der Waals surface area contributed by atoms with Crippen LogP contribution in [0, 0.1) is 0 Å². The van der Waals surface area contributed by atoms with E-state index in [9.17, 15) is 9.59 Å². The number of rotatable bonds is 5. The van der Waals surface area contributed by atoms with Gasteiger partial charge in [-0.05, 0) is 24.6 Å². The maximum Gasteiger partial charge on any atom is 0.224 e. The minimum atomic E-state index is -0.527. The van der Waals surface area contributed by atoms with Crippen molar-refractivity contribution in [2.24, 2.45) is 0 Å². The van der Waals surface area contributed by atoms with Crippen molar-refractivity contribution < 1.29 is 9.59 Å². The number of Topliss-reactive ketones (excluding diaryl/α,β-unsaturated/α-hetero) is 2. The van der Waals surface area contributed by atoms with Crippen LogP contribution in [0.2, 0.25) is 0 Å². The van der Waals surface area contributed by atoms with Gasteiger partial charge >= 0.3 is 0 Å². The molecule has 0 amide bonds. The van der Waals surface area contributed by atoms with Crippen molar-refractivity contribution in [1.29, 1.82) is 0 Å². The van der Waals surface area contributed by atoms with E-state index in [0.717, 1.165) is 11.3 Å². The van der Waals surface area contributed by atoms with Crippen LogP contribution < -0.4 is 10.6 Å². The molecule has 3 rings (SSSR count). The fourth-order valence-electron chi connectivity index (χ4n) is 2.57. The number of nitrogens with one attached hydrogen (secondary N) is 2. The van der Waals surface area contributed by atoms with E-state index in [1.54, 1.807) is 24.5 Å². The van der Waals surface area contributed by atoms with Gasteiger partial charge in [0.15, 0.2) is 0 Å². The third-order valence-electron chi connectivity index (χ3n) is 3.87. The first-order chi connectivity index (χ1) is 10.7. The molecule has 0 spiro atoms. The number of pyridine rings is 1. The minimum absolute atomic E-state index is 0.00927. The van der Waals surface area contributed by atoms with E-state index in [4.69, 9.17) is 0 Å². The van der Waals surface area contributed by atoms with Crippen molar-refractivity contribution in [3.05, 3.63) is 60.4 Å². The van der Waals surface area contributed by atoms with E-state index >= 15 is 0 Å². The summed E-state index contributed by atoms with van der Waals surface area (Å²) in [5.41, 5.74) is 1.86. The highest BCUT2D eigenvalue weighted by molar-refractivity contribution is 6.49. The van der Waals surface area contributed by atoms with Crippen LogP contribution >= 0.6 is 0 Å². The topological polar surface area (TPSA) is 71.1 Å². The first-order valence-electron chi connectivity index (χ1n) is 7.22. The number of nitrogens with zero attached hydrogens (tertiary/aromatic N) is 1. The molecule has 5 nitrogen and oxygen atoms in total. The zero-order valence-electron chi connectivity index (χ0n) is 12.2. The summed E-state index contributed by atoms with van der Waals surface area (Å²) in [6, 6.07) is 12.3. The van der Waals surface area contributed by atoms with Crippen molar-refractivity contribution in [2.45, 2.75) is 25.0 Å². The summed E-state index contributed by atoms with van der Waals surface area (Å²) < 4.78 is 0. The Morgan fingerprint density at radius 3 is 2.27 bits per heavy atom. The van der Waals surface area contributed by atoms with Gasteiger partial charge in [-0.15, -0.1) is 0 Å². The molecule has 1 heterocycles. The van der Waals surface area contributed by atoms with Gasteiger partial charge in [0.05, 0.1) is 0 Å². The predicted octanol–water partition coefficient (Wildman–Crippen LogP) is 1.73. The molecule has 1 saturated carbocycles. The number of ketones is 2. The van der Waals surface area contributed by atoms with Crippen molar-refractivity contribution >= 4 is 17.3 Å². The first-order valence-corrected chi connectivity index (χ1v) is 7.22. The lowest BCUT2D eigenvalue weighted by Gasteiger charge is -2.36.